The molecule has 24 heavy (non-hydrogen) atoms. The van der Waals surface area contributed by atoms with Gasteiger partial charge in [0.1, 0.15) is 13.2 Å². The van der Waals surface area contributed by atoms with Crippen LogP contribution in [0.15, 0.2) is 15.3 Å². The molecule has 3 N–H and O–H groups in total. The summed E-state index contributed by atoms with van der Waals surface area (Å²) in [6.45, 7) is 2.45. The van der Waals surface area contributed by atoms with E-state index in [1.54, 1.807) is 6.07 Å². The number of hydrogen-bond donors (Lipinski definition) is 2. The van der Waals surface area contributed by atoms with Crippen molar-refractivity contribution in [2.45, 2.75) is 18.9 Å². The Balaban J connectivity index is 1.79. The number of aromatic nitrogens is 2. The van der Waals surface area contributed by atoms with Gasteiger partial charge in [0.25, 0.3) is 5.89 Å². The predicted octanol–water partition coefficient (Wildman–Crippen LogP) is 1.43. The Kier molecular flexibility index (Phi) is 3.85. The third-order valence-corrected chi connectivity index (χ3v) is 4.57. The number of nitrogens with one attached hydrogen (secondary N) is 1. The van der Waals surface area contributed by atoms with Gasteiger partial charge in [0.2, 0.25) is 0 Å². The molecule has 0 unspecified atom stereocenters. The minimum atomic E-state index is -0.490. The number of ether oxygens (including phenoxy) is 2. The van der Waals surface area contributed by atoms with Crippen molar-refractivity contribution in [1.82, 2.24) is 15.1 Å². The van der Waals surface area contributed by atoms with Crippen molar-refractivity contribution in [3.8, 4) is 23.0 Å². The van der Waals surface area contributed by atoms with E-state index in [-0.39, 0.29) is 11.9 Å². The van der Waals surface area contributed by atoms with Crippen molar-refractivity contribution in [2.75, 3.05) is 32.0 Å². The van der Waals surface area contributed by atoms with E-state index in [1.165, 1.54) is 4.68 Å². The number of hydrogen-bond acceptors (Lipinski definition) is 7. The maximum absolute atomic E-state index is 12.2. The summed E-state index contributed by atoms with van der Waals surface area (Å²) in [6, 6.07) is 1.61. The average Bonchev–Trinajstić information content (AvgIpc) is 3.00. The molecular formula is C15H17ClN4O4. The topological polar surface area (TPSA) is 105 Å². The van der Waals surface area contributed by atoms with Crippen LogP contribution < -0.4 is 26.3 Å². The molecule has 1 aromatic heterocycles. The normalized spacial score (nSPS) is 17.9. The Morgan fingerprint density at radius 3 is 2.71 bits per heavy atom. The summed E-state index contributed by atoms with van der Waals surface area (Å²) >= 11 is 6.17. The quantitative estimate of drug-likeness (QED) is 0.788. The van der Waals surface area contributed by atoms with E-state index in [2.05, 4.69) is 10.4 Å². The van der Waals surface area contributed by atoms with Crippen LogP contribution in [0, 0.1) is 0 Å². The first-order valence-electron chi connectivity index (χ1n) is 7.83. The standard InChI is InChI=1S/C15H17ClN4O4/c16-10-7-9(12-13(11(10)17)23-6-5-22-12)14-19-20(15(21)24-14)8-1-3-18-4-2-8/h7-8,18H,1-6,17H2. The summed E-state index contributed by atoms with van der Waals surface area (Å²) in [5, 5.41) is 7.91. The monoisotopic (exact) mass is 352 g/mol. The van der Waals surface area contributed by atoms with Gasteiger partial charge >= 0.3 is 5.76 Å². The van der Waals surface area contributed by atoms with E-state index < -0.39 is 5.76 Å². The van der Waals surface area contributed by atoms with Crippen LogP contribution in [-0.2, 0) is 0 Å². The Hall–Kier alpha value is -2.19. The van der Waals surface area contributed by atoms with E-state index in [0.717, 1.165) is 25.9 Å². The molecule has 1 aromatic carbocycles. The molecule has 1 saturated heterocycles. The molecule has 4 rings (SSSR count). The van der Waals surface area contributed by atoms with E-state index in [1.807, 2.05) is 0 Å². The molecule has 1 fully saturated rings. The second-order valence-electron chi connectivity index (χ2n) is 5.77. The Morgan fingerprint density at radius 2 is 1.96 bits per heavy atom. The van der Waals surface area contributed by atoms with Crippen molar-refractivity contribution in [3.63, 3.8) is 0 Å². The Labute approximate surface area is 142 Å². The highest BCUT2D eigenvalue weighted by Gasteiger charge is 2.27. The number of benzene rings is 1. The smallest absolute Gasteiger partial charge is 0.437 e. The van der Waals surface area contributed by atoms with Crippen LogP contribution in [0.3, 0.4) is 0 Å². The first-order chi connectivity index (χ1) is 11.6. The molecule has 3 heterocycles. The highest BCUT2D eigenvalue weighted by atomic mass is 35.5. The van der Waals surface area contributed by atoms with Crippen LogP contribution in [-0.4, -0.2) is 36.1 Å². The van der Waals surface area contributed by atoms with Crippen LogP contribution >= 0.6 is 11.6 Å². The molecule has 0 atom stereocenters. The highest BCUT2D eigenvalue weighted by molar-refractivity contribution is 6.34. The summed E-state index contributed by atoms with van der Waals surface area (Å²) in [5.74, 6) is 0.433. The molecule has 9 heteroatoms. The molecule has 0 saturated carbocycles. The second kappa shape index (κ2) is 6.03. The Morgan fingerprint density at radius 1 is 1.25 bits per heavy atom. The molecule has 0 bridgehead atoms. The average molecular weight is 353 g/mol. The fourth-order valence-electron chi connectivity index (χ4n) is 3.04. The van der Waals surface area contributed by atoms with Gasteiger partial charge in [-0.2, -0.15) is 4.68 Å². The molecule has 0 radical (unpaired) electrons. The zero-order valence-corrected chi connectivity index (χ0v) is 13.6. The number of fused-ring (bicyclic) bond motifs is 1. The SMILES string of the molecule is Nc1c(Cl)cc(-c2nn(C3CCNCC3)c(=O)o2)c2c1OCCO2. The summed E-state index contributed by atoms with van der Waals surface area (Å²) in [5.41, 5.74) is 6.71. The molecule has 128 valence electrons. The fourth-order valence-corrected chi connectivity index (χ4v) is 3.23. The van der Waals surface area contributed by atoms with Crippen molar-refractivity contribution in [3.05, 3.63) is 21.6 Å². The van der Waals surface area contributed by atoms with Crippen molar-refractivity contribution < 1.29 is 13.9 Å². The molecule has 0 aliphatic carbocycles. The van der Waals surface area contributed by atoms with Gasteiger partial charge in [-0.05, 0) is 32.0 Å². The van der Waals surface area contributed by atoms with Crippen molar-refractivity contribution >= 4 is 17.3 Å². The first kappa shape index (κ1) is 15.3. The minimum Gasteiger partial charge on any atom is -0.485 e. The van der Waals surface area contributed by atoms with Crippen molar-refractivity contribution in [2.24, 2.45) is 0 Å². The molecular weight excluding hydrogens is 336 g/mol. The van der Waals surface area contributed by atoms with Gasteiger partial charge in [-0.1, -0.05) is 11.6 Å². The first-order valence-corrected chi connectivity index (χ1v) is 8.21. The van der Waals surface area contributed by atoms with Crippen LogP contribution in [0.1, 0.15) is 18.9 Å². The van der Waals surface area contributed by atoms with Crippen LogP contribution in [0.4, 0.5) is 5.69 Å². The van der Waals surface area contributed by atoms with Gasteiger partial charge in [0, 0.05) is 0 Å². The van der Waals surface area contributed by atoms with Crippen LogP contribution in [0.2, 0.25) is 5.02 Å². The van der Waals surface area contributed by atoms with Crippen LogP contribution in [0.5, 0.6) is 11.5 Å². The number of anilines is 1. The zero-order valence-electron chi connectivity index (χ0n) is 12.9. The molecule has 8 nitrogen and oxygen atoms in total. The maximum atomic E-state index is 12.2. The van der Waals surface area contributed by atoms with E-state index in [4.69, 9.17) is 31.2 Å². The lowest BCUT2D eigenvalue weighted by Crippen LogP contribution is -2.33. The number of nitrogens with zero attached hydrogens (tertiary/aromatic N) is 2. The van der Waals surface area contributed by atoms with E-state index in [9.17, 15) is 4.79 Å². The Bertz CT molecular complexity index is 826. The molecule has 2 aliphatic heterocycles. The third-order valence-electron chi connectivity index (χ3n) is 4.25. The summed E-state index contributed by atoms with van der Waals surface area (Å²) in [7, 11) is 0. The van der Waals surface area contributed by atoms with Crippen molar-refractivity contribution in [1.29, 1.82) is 0 Å². The van der Waals surface area contributed by atoms with Gasteiger partial charge in [0.15, 0.2) is 11.5 Å². The number of halogens is 1. The lowest BCUT2D eigenvalue weighted by molar-refractivity contribution is 0.173. The van der Waals surface area contributed by atoms with Gasteiger partial charge in [-0.3, -0.25) is 0 Å². The molecule has 2 aliphatic rings. The number of nitrogen functional groups attached to an aromatic ring is 1. The fraction of sp³-hybridized carbons (Fsp3) is 0.467. The van der Waals surface area contributed by atoms with Crippen LogP contribution in [0.25, 0.3) is 11.5 Å². The van der Waals surface area contributed by atoms with Gasteiger partial charge < -0.3 is 24.9 Å². The largest absolute Gasteiger partial charge is 0.485 e. The summed E-state index contributed by atoms with van der Waals surface area (Å²) in [4.78, 5) is 12.2. The van der Waals surface area contributed by atoms with E-state index in [0.29, 0.717) is 41.0 Å². The predicted molar refractivity (Wildman–Crippen MR) is 87.8 cm³/mol. The molecule has 0 spiro atoms. The van der Waals surface area contributed by atoms with Gasteiger partial charge in [-0.25, -0.2) is 4.79 Å². The third kappa shape index (κ3) is 2.51. The molecule has 2 aromatic rings. The summed E-state index contributed by atoms with van der Waals surface area (Å²) < 4.78 is 18.0. The van der Waals surface area contributed by atoms with E-state index >= 15 is 0 Å². The lowest BCUT2D eigenvalue weighted by atomic mass is 10.1. The lowest BCUT2D eigenvalue weighted by Gasteiger charge is -2.22. The summed E-state index contributed by atoms with van der Waals surface area (Å²) in [6.07, 6.45) is 1.65. The highest BCUT2D eigenvalue weighted by Crippen LogP contribution is 2.46. The zero-order chi connectivity index (χ0) is 16.7. The van der Waals surface area contributed by atoms with Gasteiger partial charge in [0.05, 0.1) is 22.3 Å². The second-order valence-corrected chi connectivity index (χ2v) is 6.18. The van der Waals surface area contributed by atoms with Gasteiger partial charge in [-0.15, -0.1) is 5.10 Å². The molecule has 0 amide bonds. The number of rotatable bonds is 2. The minimum absolute atomic E-state index is 0.0218. The maximum Gasteiger partial charge on any atom is 0.437 e. The number of piperidine rings is 1. The number of nitrogens with two attached hydrogens (primary N) is 1.